The average molecular weight is 508 g/mol. The van der Waals surface area contributed by atoms with Gasteiger partial charge in [-0.3, -0.25) is 4.99 Å². The van der Waals surface area contributed by atoms with Crippen molar-refractivity contribution < 1.29 is 13.9 Å². The van der Waals surface area contributed by atoms with Crippen LogP contribution in [0.15, 0.2) is 29.3 Å². The van der Waals surface area contributed by atoms with E-state index >= 15 is 0 Å². The van der Waals surface area contributed by atoms with E-state index < -0.39 is 0 Å². The van der Waals surface area contributed by atoms with E-state index in [9.17, 15) is 4.39 Å². The van der Waals surface area contributed by atoms with Crippen molar-refractivity contribution >= 4 is 29.9 Å². The number of aliphatic imine (C=N–C) groups is 1. The lowest BCUT2D eigenvalue weighted by atomic mass is 10.1. The summed E-state index contributed by atoms with van der Waals surface area (Å²) in [5, 5.41) is 6.64. The summed E-state index contributed by atoms with van der Waals surface area (Å²) in [5.74, 6) is 0.534. The van der Waals surface area contributed by atoms with Gasteiger partial charge < -0.3 is 25.0 Å². The van der Waals surface area contributed by atoms with Gasteiger partial charge in [0.1, 0.15) is 5.82 Å². The highest BCUT2D eigenvalue weighted by atomic mass is 127. The molecule has 28 heavy (non-hydrogen) atoms. The second-order valence-electron chi connectivity index (χ2n) is 6.97. The first-order valence-electron chi connectivity index (χ1n) is 9.66. The summed E-state index contributed by atoms with van der Waals surface area (Å²) >= 11 is 0. The van der Waals surface area contributed by atoms with Crippen LogP contribution in [-0.2, 0) is 9.47 Å². The summed E-state index contributed by atoms with van der Waals surface area (Å²) in [6, 6.07) is 6.76. The highest BCUT2D eigenvalue weighted by Gasteiger charge is 2.16. The normalized spacial score (nSPS) is 18.0. The smallest absolute Gasteiger partial charge is 0.191 e. The Labute approximate surface area is 185 Å². The van der Waals surface area contributed by atoms with Crippen LogP contribution in [-0.4, -0.2) is 71.0 Å². The van der Waals surface area contributed by atoms with Crippen molar-refractivity contribution in [1.82, 2.24) is 15.5 Å². The van der Waals surface area contributed by atoms with Gasteiger partial charge in [-0.1, -0.05) is 12.1 Å². The molecule has 1 aromatic rings. The van der Waals surface area contributed by atoms with Crippen molar-refractivity contribution in [3.05, 3.63) is 35.6 Å². The molecule has 1 fully saturated rings. The highest BCUT2D eigenvalue weighted by molar-refractivity contribution is 14.0. The third-order valence-corrected chi connectivity index (χ3v) is 4.65. The minimum Gasteiger partial charge on any atom is -0.379 e. The first kappa shape index (κ1) is 25.1. The van der Waals surface area contributed by atoms with Crippen molar-refractivity contribution in [1.29, 1.82) is 0 Å². The number of hydrogen-bond donors (Lipinski definition) is 2. The predicted molar refractivity (Wildman–Crippen MR) is 122 cm³/mol. The third-order valence-electron chi connectivity index (χ3n) is 4.65. The van der Waals surface area contributed by atoms with E-state index in [1.165, 1.54) is 12.1 Å². The summed E-state index contributed by atoms with van der Waals surface area (Å²) < 4.78 is 24.4. The second kappa shape index (κ2) is 14.1. The molecule has 8 heteroatoms. The van der Waals surface area contributed by atoms with E-state index in [1.54, 1.807) is 7.05 Å². The zero-order valence-corrected chi connectivity index (χ0v) is 19.4. The van der Waals surface area contributed by atoms with E-state index in [1.807, 2.05) is 26.2 Å². The largest absolute Gasteiger partial charge is 0.379 e. The van der Waals surface area contributed by atoms with Crippen LogP contribution in [0.2, 0.25) is 0 Å². The van der Waals surface area contributed by atoms with Crippen LogP contribution in [0.5, 0.6) is 0 Å². The van der Waals surface area contributed by atoms with Crippen LogP contribution in [0, 0.1) is 5.82 Å². The van der Waals surface area contributed by atoms with Crippen molar-refractivity contribution in [3.8, 4) is 0 Å². The predicted octanol–water partition coefficient (Wildman–Crippen LogP) is 2.80. The summed E-state index contributed by atoms with van der Waals surface area (Å²) in [7, 11) is 5.78. The SMILES string of the molecule is CN=C(NCCCOCC1CCCO1)NCC(c1ccc(F)cc1)N(C)C.I. The van der Waals surface area contributed by atoms with E-state index in [-0.39, 0.29) is 41.9 Å². The molecule has 0 saturated carbocycles. The Morgan fingerprint density at radius 3 is 2.68 bits per heavy atom. The minimum absolute atomic E-state index is 0. The molecular formula is C20H34FIN4O2. The van der Waals surface area contributed by atoms with Crippen molar-refractivity contribution in [2.24, 2.45) is 4.99 Å². The fraction of sp³-hybridized carbons (Fsp3) is 0.650. The Morgan fingerprint density at radius 1 is 1.32 bits per heavy atom. The molecule has 0 aromatic heterocycles. The van der Waals surface area contributed by atoms with Gasteiger partial charge in [0.2, 0.25) is 0 Å². The molecule has 6 nitrogen and oxygen atoms in total. The van der Waals surface area contributed by atoms with Crippen molar-refractivity contribution in [2.75, 3.05) is 54.1 Å². The van der Waals surface area contributed by atoms with Gasteiger partial charge in [-0.15, -0.1) is 24.0 Å². The average Bonchev–Trinajstić information content (AvgIpc) is 3.17. The van der Waals surface area contributed by atoms with Crippen molar-refractivity contribution in [3.63, 3.8) is 0 Å². The van der Waals surface area contributed by atoms with Crippen LogP contribution in [0.4, 0.5) is 4.39 Å². The van der Waals surface area contributed by atoms with Crippen LogP contribution in [0.25, 0.3) is 0 Å². The lowest BCUT2D eigenvalue weighted by Crippen LogP contribution is -2.42. The number of halogens is 2. The third kappa shape index (κ3) is 9.02. The number of benzene rings is 1. The molecule has 0 bridgehead atoms. The Morgan fingerprint density at radius 2 is 2.07 bits per heavy atom. The van der Waals surface area contributed by atoms with Gasteiger partial charge in [-0.2, -0.15) is 0 Å². The molecular weight excluding hydrogens is 474 g/mol. The fourth-order valence-corrected chi connectivity index (χ4v) is 3.07. The molecule has 0 radical (unpaired) electrons. The lowest BCUT2D eigenvalue weighted by Gasteiger charge is -2.26. The van der Waals surface area contributed by atoms with Crippen LogP contribution >= 0.6 is 24.0 Å². The molecule has 0 spiro atoms. The molecule has 2 N–H and O–H groups in total. The van der Waals surface area contributed by atoms with Crippen LogP contribution in [0.3, 0.4) is 0 Å². The van der Waals surface area contributed by atoms with E-state index in [2.05, 4.69) is 20.5 Å². The quantitative estimate of drug-likeness (QED) is 0.221. The van der Waals surface area contributed by atoms with E-state index in [0.717, 1.165) is 43.9 Å². The number of likely N-dealkylation sites (N-methyl/N-ethyl adjacent to an activating group) is 1. The van der Waals surface area contributed by atoms with Gasteiger partial charge in [0.05, 0.1) is 18.8 Å². The Hall–Kier alpha value is -0.970. The van der Waals surface area contributed by atoms with Crippen molar-refractivity contribution in [2.45, 2.75) is 31.4 Å². The number of ether oxygens (including phenoxy) is 2. The minimum atomic E-state index is -0.219. The first-order valence-corrected chi connectivity index (χ1v) is 9.66. The maximum atomic E-state index is 13.2. The number of nitrogens with one attached hydrogen (secondary N) is 2. The fourth-order valence-electron chi connectivity index (χ4n) is 3.07. The molecule has 1 aliphatic rings. The molecule has 2 atom stereocenters. The van der Waals surface area contributed by atoms with E-state index in [0.29, 0.717) is 19.8 Å². The molecule has 0 aliphatic carbocycles. The Kier molecular flexibility index (Phi) is 12.6. The molecule has 2 unspecified atom stereocenters. The van der Waals surface area contributed by atoms with Gasteiger partial charge in [-0.05, 0) is 51.1 Å². The Bertz CT molecular complexity index is 566. The summed E-state index contributed by atoms with van der Waals surface area (Å²) in [6.45, 7) is 3.72. The second-order valence-corrected chi connectivity index (χ2v) is 6.97. The zero-order valence-electron chi connectivity index (χ0n) is 17.1. The van der Waals surface area contributed by atoms with Gasteiger partial charge in [0, 0.05) is 33.4 Å². The van der Waals surface area contributed by atoms with Gasteiger partial charge in [-0.25, -0.2) is 4.39 Å². The summed E-state index contributed by atoms with van der Waals surface area (Å²) in [5.41, 5.74) is 1.06. The van der Waals surface area contributed by atoms with Gasteiger partial charge in [0.25, 0.3) is 0 Å². The molecule has 160 valence electrons. The van der Waals surface area contributed by atoms with Crippen LogP contribution in [0.1, 0.15) is 30.9 Å². The first-order chi connectivity index (χ1) is 13.1. The molecule has 1 aliphatic heterocycles. The maximum Gasteiger partial charge on any atom is 0.191 e. The number of rotatable bonds is 10. The topological polar surface area (TPSA) is 58.1 Å². The van der Waals surface area contributed by atoms with Gasteiger partial charge in [0.15, 0.2) is 5.96 Å². The number of hydrogen-bond acceptors (Lipinski definition) is 4. The number of nitrogens with zero attached hydrogens (tertiary/aromatic N) is 2. The lowest BCUT2D eigenvalue weighted by molar-refractivity contribution is 0.0168. The maximum absolute atomic E-state index is 13.2. The van der Waals surface area contributed by atoms with Gasteiger partial charge >= 0.3 is 0 Å². The summed E-state index contributed by atoms with van der Waals surface area (Å²) in [6.07, 6.45) is 3.43. The zero-order chi connectivity index (χ0) is 19.5. The number of guanidine groups is 1. The standard InChI is InChI=1S/C20H33FN4O2.HI/c1-22-20(23-11-5-12-26-15-18-6-4-13-27-18)24-14-19(25(2)3)16-7-9-17(21)10-8-16;/h7-10,18-19H,4-6,11-15H2,1-3H3,(H2,22,23,24);1H. The molecule has 0 amide bonds. The highest BCUT2D eigenvalue weighted by Crippen LogP contribution is 2.17. The molecule has 2 rings (SSSR count). The molecule has 1 aromatic carbocycles. The Balaban J connectivity index is 0.00000392. The molecule has 1 saturated heterocycles. The summed E-state index contributed by atoms with van der Waals surface area (Å²) in [4.78, 5) is 6.37. The van der Waals surface area contributed by atoms with E-state index in [4.69, 9.17) is 9.47 Å². The monoisotopic (exact) mass is 508 g/mol. The molecule has 1 heterocycles. The van der Waals surface area contributed by atoms with Crippen LogP contribution < -0.4 is 10.6 Å².